The van der Waals surface area contributed by atoms with Crippen molar-refractivity contribution in [2.45, 2.75) is 6.42 Å². The number of carboxylic acid groups (broad SMARTS) is 1. The van der Waals surface area contributed by atoms with Crippen molar-refractivity contribution in [3.8, 4) is 0 Å². The number of nitrogens with one attached hydrogen (secondary N) is 1. The predicted molar refractivity (Wildman–Crippen MR) is 79.8 cm³/mol. The fourth-order valence-electron chi connectivity index (χ4n) is 1.63. The minimum absolute atomic E-state index is 0.0720. The molecule has 4 nitrogen and oxygen atoms in total. The van der Waals surface area contributed by atoms with E-state index in [9.17, 15) is 9.59 Å². The molecule has 1 aromatic carbocycles. The van der Waals surface area contributed by atoms with E-state index in [1.807, 2.05) is 16.8 Å². The fourth-order valence-corrected chi connectivity index (χ4v) is 2.30. The Morgan fingerprint density at radius 3 is 2.55 bits per heavy atom. The van der Waals surface area contributed by atoms with Crippen molar-refractivity contribution in [2.75, 3.05) is 5.32 Å². The molecule has 20 heavy (non-hydrogen) atoms. The van der Waals surface area contributed by atoms with Gasteiger partial charge in [0.1, 0.15) is 0 Å². The summed E-state index contributed by atoms with van der Waals surface area (Å²) >= 11 is 1.56. The summed E-state index contributed by atoms with van der Waals surface area (Å²) in [5.74, 6) is -1.06. The lowest BCUT2D eigenvalue weighted by Gasteiger charge is -2.04. The topological polar surface area (TPSA) is 66.4 Å². The second kappa shape index (κ2) is 6.68. The number of rotatable bonds is 5. The Hall–Kier alpha value is -2.40. The average Bonchev–Trinajstić information content (AvgIpc) is 2.90. The first kappa shape index (κ1) is 14.0. The van der Waals surface area contributed by atoms with Gasteiger partial charge in [-0.25, -0.2) is 4.79 Å². The maximum Gasteiger partial charge on any atom is 0.328 e. The van der Waals surface area contributed by atoms with Crippen molar-refractivity contribution >= 4 is 35.0 Å². The lowest BCUT2D eigenvalue weighted by Crippen LogP contribution is -2.13. The second-order valence-electron chi connectivity index (χ2n) is 4.15. The van der Waals surface area contributed by atoms with Crippen LogP contribution in [0, 0.1) is 0 Å². The first-order chi connectivity index (χ1) is 9.63. The molecule has 2 N–H and O–H groups in total. The van der Waals surface area contributed by atoms with Gasteiger partial charge in [-0.2, -0.15) is 11.3 Å². The highest BCUT2D eigenvalue weighted by Crippen LogP contribution is 2.12. The van der Waals surface area contributed by atoms with Gasteiger partial charge in [-0.3, -0.25) is 4.79 Å². The van der Waals surface area contributed by atoms with E-state index in [1.165, 1.54) is 6.08 Å². The van der Waals surface area contributed by atoms with Gasteiger partial charge in [-0.05, 0) is 46.2 Å². The van der Waals surface area contributed by atoms with Crippen LogP contribution in [0.4, 0.5) is 5.69 Å². The van der Waals surface area contributed by atoms with Crippen LogP contribution < -0.4 is 5.32 Å². The Morgan fingerprint density at radius 2 is 1.95 bits per heavy atom. The molecule has 0 bridgehead atoms. The SMILES string of the molecule is O=C(O)/C=C/c1ccc(NC(=O)Cc2ccsc2)cc1. The summed E-state index contributed by atoms with van der Waals surface area (Å²) < 4.78 is 0. The largest absolute Gasteiger partial charge is 0.478 e. The van der Waals surface area contributed by atoms with Crippen LogP contribution in [0.25, 0.3) is 6.08 Å². The standard InChI is InChI=1S/C15H13NO3S/c17-14(9-12-7-8-20-10-12)16-13-4-1-11(2-5-13)3-6-15(18)19/h1-8,10H,9H2,(H,16,17)(H,18,19)/b6-3+. The van der Waals surface area contributed by atoms with Crippen LogP contribution in [0.3, 0.4) is 0 Å². The van der Waals surface area contributed by atoms with Gasteiger partial charge in [0.15, 0.2) is 0 Å². The minimum Gasteiger partial charge on any atom is -0.478 e. The zero-order chi connectivity index (χ0) is 14.4. The number of carboxylic acids is 1. The maximum absolute atomic E-state index is 11.8. The van der Waals surface area contributed by atoms with Crippen LogP contribution in [0.2, 0.25) is 0 Å². The number of thiophene rings is 1. The molecule has 0 aliphatic rings. The molecule has 0 aliphatic carbocycles. The number of amides is 1. The van der Waals surface area contributed by atoms with E-state index in [4.69, 9.17) is 5.11 Å². The zero-order valence-electron chi connectivity index (χ0n) is 10.6. The third kappa shape index (κ3) is 4.37. The normalized spacial score (nSPS) is 10.6. The number of carbonyl (C=O) groups excluding carboxylic acids is 1. The second-order valence-corrected chi connectivity index (χ2v) is 4.93. The van der Waals surface area contributed by atoms with Gasteiger partial charge in [0.2, 0.25) is 5.91 Å². The molecule has 0 radical (unpaired) electrons. The summed E-state index contributed by atoms with van der Waals surface area (Å²) in [5.41, 5.74) is 2.45. The van der Waals surface area contributed by atoms with Gasteiger partial charge in [-0.15, -0.1) is 0 Å². The highest BCUT2D eigenvalue weighted by molar-refractivity contribution is 7.08. The molecule has 2 rings (SSSR count). The van der Waals surface area contributed by atoms with Crippen LogP contribution >= 0.6 is 11.3 Å². The van der Waals surface area contributed by atoms with Crippen molar-refractivity contribution in [1.29, 1.82) is 0 Å². The molecular weight excluding hydrogens is 274 g/mol. The first-order valence-electron chi connectivity index (χ1n) is 5.95. The van der Waals surface area contributed by atoms with Crippen LogP contribution in [0.1, 0.15) is 11.1 Å². The van der Waals surface area contributed by atoms with E-state index in [0.717, 1.165) is 17.2 Å². The van der Waals surface area contributed by atoms with Gasteiger partial charge < -0.3 is 10.4 Å². The van der Waals surface area contributed by atoms with Gasteiger partial charge in [0.05, 0.1) is 6.42 Å². The fraction of sp³-hybridized carbons (Fsp3) is 0.0667. The number of hydrogen-bond donors (Lipinski definition) is 2. The predicted octanol–water partition coefficient (Wildman–Crippen LogP) is 3.03. The van der Waals surface area contributed by atoms with E-state index >= 15 is 0 Å². The Labute approximate surface area is 120 Å². The first-order valence-corrected chi connectivity index (χ1v) is 6.90. The van der Waals surface area contributed by atoms with Crippen LogP contribution in [-0.4, -0.2) is 17.0 Å². The molecule has 102 valence electrons. The monoisotopic (exact) mass is 287 g/mol. The number of carbonyl (C=O) groups is 2. The van der Waals surface area contributed by atoms with Gasteiger partial charge in [-0.1, -0.05) is 12.1 Å². The van der Waals surface area contributed by atoms with Gasteiger partial charge in [0, 0.05) is 11.8 Å². The van der Waals surface area contributed by atoms with Crippen LogP contribution in [0.15, 0.2) is 47.2 Å². The summed E-state index contributed by atoms with van der Waals surface area (Å²) in [7, 11) is 0. The van der Waals surface area contributed by atoms with E-state index in [1.54, 1.807) is 35.6 Å². The molecule has 0 saturated heterocycles. The Balaban J connectivity index is 1.93. The van der Waals surface area contributed by atoms with Gasteiger partial charge >= 0.3 is 5.97 Å². The van der Waals surface area contributed by atoms with E-state index in [0.29, 0.717) is 12.1 Å². The zero-order valence-corrected chi connectivity index (χ0v) is 11.4. The number of anilines is 1. The van der Waals surface area contributed by atoms with Crippen LogP contribution in [-0.2, 0) is 16.0 Å². The number of benzene rings is 1. The lowest BCUT2D eigenvalue weighted by atomic mass is 10.2. The Morgan fingerprint density at radius 1 is 1.20 bits per heavy atom. The van der Waals surface area contributed by atoms with Crippen molar-refractivity contribution in [3.63, 3.8) is 0 Å². The summed E-state index contributed by atoms with van der Waals surface area (Å²) in [4.78, 5) is 22.2. The summed E-state index contributed by atoms with van der Waals surface area (Å²) in [5, 5.41) is 15.2. The molecular formula is C15H13NO3S. The van der Waals surface area contributed by atoms with Crippen molar-refractivity contribution in [1.82, 2.24) is 0 Å². The summed E-state index contributed by atoms with van der Waals surface area (Å²) in [6.07, 6.45) is 2.92. The van der Waals surface area contributed by atoms with Crippen molar-refractivity contribution < 1.29 is 14.7 Å². The molecule has 0 aliphatic heterocycles. The Kier molecular flexibility index (Phi) is 4.68. The highest BCUT2D eigenvalue weighted by Gasteiger charge is 2.04. The van der Waals surface area contributed by atoms with Crippen LogP contribution in [0.5, 0.6) is 0 Å². The van der Waals surface area contributed by atoms with E-state index in [2.05, 4.69) is 5.32 Å². The molecule has 1 heterocycles. The van der Waals surface area contributed by atoms with Crippen molar-refractivity contribution in [2.24, 2.45) is 0 Å². The molecule has 1 amide bonds. The smallest absolute Gasteiger partial charge is 0.328 e. The van der Waals surface area contributed by atoms with Crippen molar-refractivity contribution in [3.05, 3.63) is 58.3 Å². The maximum atomic E-state index is 11.8. The lowest BCUT2D eigenvalue weighted by molar-refractivity contribution is -0.131. The number of hydrogen-bond acceptors (Lipinski definition) is 3. The molecule has 2 aromatic rings. The molecule has 0 fully saturated rings. The molecule has 0 saturated carbocycles. The Bertz CT molecular complexity index is 615. The molecule has 0 atom stereocenters. The molecule has 1 aromatic heterocycles. The average molecular weight is 287 g/mol. The quantitative estimate of drug-likeness (QED) is 0.831. The highest BCUT2D eigenvalue weighted by atomic mass is 32.1. The molecule has 0 unspecified atom stereocenters. The third-order valence-corrected chi connectivity index (χ3v) is 3.29. The summed E-state index contributed by atoms with van der Waals surface area (Å²) in [6.45, 7) is 0. The third-order valence-electron chi connectivity index (χ3n) is 2.56. The van der Waals surface area contributed by atoms with E-state index < -0.39 is 5.97 Å². The summed E-state index contributed by atoms with van der Waals surface area (Å²) in [6, 6.07) is 8.91. The molecule has 0 spiro atoms. The number of aliphatic carboxylic acids is 1. The minimum atomic E-state index is -0.988. The van der Waals surface area contributed by atoms with Gasteiger partial charge in [0.25, 0.3) is 0 Å². The molecule has 5 heteroatoms. The van der Waals surface area contributed by atoms with E-state index in [-0.39, 0.29) is 5.91 Å².